The molecule has 2 aliphatic carbocycles. The molecule has 4 aliphatic rings. The van der Waals surface area contributed by atoms with Crippen LogP contribution in [-0.4, -0.2) is 135 Å². The number of hydrogen-bond donors (Lipinski definition) is 2. The normalized spacial score (nSPS) is 36.8. The fourth-order valence-corrected chi connectivity index (χ4v) is 9.81. The number of ether oxygens (including phenoxy) is 9. The van der Waals surface area contributed by atoms with Crippen molar-refractivity contribution < 1.29 is 91.2 Å². The van der Waals surface area contributed by atoms with Gasteiger partial charge in [-0.2, -0.15) is 0 Å². The van der Waals surface area contributed by atoms with Crippen LogP contribution in [-0.2, 0) is 71.4 Å². The topological polar surface area (TPSA) is 273 Å². The maximum atomic E-state index is 14.7. The van der Waals surface area contributed by atoms with Crippen molar-refractivity contribution >= 4 is 47.8 Å². The van der Waals surface area contributed by atoms with Crippen LogP contribution in [0.15, 0.2) is 48.7 Å². The first-order valence-corrected chi connectivity index (χ1v) is 19.9. The molecule has 2 aliphatic heterocycles. The molecule has 3 heterocycles. The molecule has 2 aromatic rings. The van der Waals surface area contributed by atoms with Crippen LogP contribution >= 0.6 is 0 Å². The van der Waals surface area contributed by atoms with Gasteiger partial charge in [0.05, 0.1) is 22.7 Å². The smallest absolute Gasteiger partial charge is 0.340 e. The van der Waals surface area contributed by atoms with Gasteiger partial charge in [-0.3, -0.25) is 29.0 Å². The van der Waals surface area contributed by atoms with Crippen LogP contribution in [0.25, 0.3) is 0 Å². The highest BCUT2D eigenvalue weighted by molar-refractivity contribution is 5.92. The zero-order valence-corrected chi connectivity index (χ0v) is 35.9. The molecule has 4 bridgehead atoms. The number of rotatable bonds is 8. The van der Waals surface area contributed by atoms with Crippen LogP contribution < -0.4 is 0 Å². The summed E-state index contributed by atoms with van der Waals surface area (Å²) in [5.74, 6) is -12.1. The molecule has 0 amide bonds. The average Bonchev–Trinajstić information content (AvgIpc) is 3.42. The van der Waals surface area contributed by atoms with Crippen LogP contribution in [0.2, 0.25) is 0 Å². The summed E-state index contributed by atoms with van der Waals surface area (Å²) >= 11 is 0. The fraction of sp³-hybridized carbons (Fsp3) is 0.558. The first kappa shape index (κ1) is 46.5. The predicted octanol–water partition coefficient (Wildman–Crippen LogP) is 1.44. The third-order valence-corrected chi connectivity index (χ3v) is 12.5. The second kappa shape index (κ2) is 16.6. The SMILES string of the molecule is CC(=O)OC[C@]12[C@H](OC(C)=O)[C@H](OC(C)=O)[C@@H]3[C@H](OC(C)=O)[C@@]14O[C@@]3(C)COC(=O)c1cccnc1[C@@H](C)C(C)(O)C(=O)O[C@@H]([C@H](OC(=O)c1ccccc1)[C@@H]2OC(C)=O)[C@]4(C)O. The van der Waals surface area contributed by atoms with Gasteiger partial charge in [0.1, 0.15) is 42.0 Å². The van der Waals surface area contributed by atoms with E-state index in [2.05, 4.69) is 4.98 Å². The minimum atomic E-state index is -3.00. The molecule has 20 heteroatoms. The lowest BCUT2D eigenvalue weighted by molar-refractivity contribution is -0.386. The van der Waals surface area contributed by atoms with E-state index in [1.54, 1.807) is 6.07 Å². The van der Waals surface area contributed by atoms with Crippen molar-refractivity contribution in [2.24, 2.45) is 11.3 Å². The molecule has 3 fully saturated rings. The number of carbonyl (C=O) groups excluding carboxylic acids is 8. The van der Waals surface area contributed by atoms with Gasteiger partial charge in [-0.25, -0.2) is 14.4 Å². The van der Waals surface area contributed by atoms with Gasteiger partial charge < -0.3 is 52.8 Å². The monoisotopic (exact) mass is 883 g/mol. The van der Waals surface area contributed by atoms with E-state index in [1.165, 1.54) is 56.4 Å². The molecular weight excluding hydrogens is 834 g/mol. The van der Waals surface area contributed by atoms with E-state index in [0.717, 1.165) is 48.5 Å². The minimum absolute atomic E-state index is 0.106. The summed E-state index contributed by atoms with van der Waals surface area (Å²) in [7, 11) is 0. The second-order valence-electron chi connectivity index (χ2n) is 16.8. The van der Waals surface area contributed by atoms with Crippen molar-refractivity contribution in [2.75, 3.05) is 13.2 Å². The Labute approximate surface area is 360 Å². The molecule has 6 rings (SSSR count). The van der Waals surface area contributed by atoms with Crippen LogP contribution in [0.3, 0.4) is 0 Å². The first-order chi connectivity index (χ1) is 29.4. The van der Waals surface area contributed by atoms with E-state index in [9.17, 15) is 48.6 Å². The van der Waals surface area contributed by atoms with Crippen molar-refractivity contribution in [1.29, 1.82) is 0 Å². The summed E-state index contributed by atoms with van der Waals surface area (Å²) < 4.78 is 55.0. The van der Waals surface area contributed by atoms with E-state index in [1.807, 2.05) is 0 Å². The third-order valence-electron chi connectivity index (χ3n) is 12.5. The Morgan fingerprint density at radius 3 is 1.89 bits per heavy atom. The molecule has 340 valence electrons. The summed E-state index contributed by atoms with van der Waals surface area (Å²) in [5.41, 5.74) is -13.8. The number of esters is 8. The number of aliphatic hydroxyl groups is 2. The van der Waals surface area contributed by atoms with Crippen molar-refractivity contribution in [2.45, 2.75) is 127 Å². The highest BCUT2D eigenvalue weighted by Gasteiger charge is 2.92. The van der Waals surface area contributed by atoms with Gasteiger partial charge in [-0.05, 0) is 45.0 Å². The van der Waals surface area contributed by atoms with Gasteiger partial charge in [-0.1, -0.05) is 25.1 Å². The van der Waals surface area contributed by atoms with Gasteiger partial charge in [-0.15, -0.1) is 0 Å². The molecule has 20 nitrogen and oxygen atoms in total. The van der Waals surface area contributed by atoms with Crippen LogP contribution in [0.1, 0.15) is 94.6 Å². The molecule has 1 aromatic heterocycles. The molecule has 13 atom stereocenters. The number of aromatic nitrogens is 1. The standard InChI is InChI=1S/C43H49NO19/c1-20-29-27(16-13-17-44-29)37(51)56-18-39(7)28-30(57-22(3)46)34(59-24(5)48)42(19-55-21(2)45)35(60-25(6)49)31(61-36(50)26-14-11-10-12-15-26)33(62-38(52)40(20,8)53)41(9,54)43(42,63-39)32(28)58-23(4)47/h10-17,20,28,30-35,53-54H,18-19H2,1-9H3/t20-,28-,30-,31+,32+,33+,34-,35+,39+,40?,41+,42-,43+/m1/s1. The summed E-state index contributed by atoms with van der Waals surface area (Å²) in [5, 5.41) is 25.7. The maximum absolute atomic E-state index is 14.7. The summed E-state index contributed by atoms with van der Waals surface area (Å²) in [4.78, 5) is 114. The number of nitrogens with zero attached hydrogens (tertiary/aromatic N) is 1. The number of carbonyl (C=O) groups is 8. The van der Waals surface area contributed by atoms with Gasteiger partial charge in [0.25, 0.3) is 0 Å². The van der Waals surface area contributed by atoms with Crippen molar-refractivity contribution in [3.05, 3.63) is 65.5 Å². The summed E-state index contributed by atoms with van der Waals surface area (Å²) in [6.45, 7) is 7.64. The molecule has 2 saturated carbocycles. The first-order valence-electron chi connectivity index (χ1n) is 19.9. The Morgan fingerprint density at radius 2 is 1.32 bits per heavy atom. The maximum Gasteiger partial charge on any atom is 0.340 e. The zero-order valence-electron chi connectivity index (χ0n) is 35.9. The van der Waals surface area contributed by atoms with E-state index in [-0.39, 0.29) is 16.8 Å². The Hall–Kier alpha value is -5.99. The quantitative estimate of drug-likeness (QED) is 0.280. The zero-order chi connectivity index (χ0) is 46.6. The largest absolute Gasteiger partial charge is 0.465 e. The van der Waals surface area contributed by atoms with Crippen LogP contribution in [0, 0.1) is 11.3 Å². The van der Waals surface area contributed by atoms with Crippen molar-refractivity contribution in [1.82, 2.24) is 4.98 Å². The number of pyridine rings is 1. The van der Waals surface area contributed by atoms with E-state index < -0.39 is 137 Å². The van der Waals surface area contributed by atoms with Crippen molar-refractivity contribution in [3.63, 3.8) is 0 Å². The van der Waals surface area contributed by atoms with E-state index >= 15 is 0 Å². The fourth-order valence-electron chi connectivity index (χ4n) is 9.81. The highest BCUT2D eigenvalue weighted by Crippen LogP contribution is 2.70. The molecule has 63 heavy (non-hydrogen) atoms. The summed E-state index contributed by atoms with van der Waals surface area (Å²) in [6, 6.07) is 9.99. The second-order valence-corrected chi connectivity index (χ2v) is 16.8. The number of benzene rings is 1. The highest BCUT2D eigenvalue weighted by atomic mass is 16.7. The van der Waals surface area contributed by atoms with Crippen LogP contribution in [0.5, 0.6) is 0 Å². The van der Waals surface area contributed by atoms with Gasteiger partial charge in [0.2, 0.25) is 0 Å². The van der Waals surface area contributed by atoms with Gasteiger partial charge >= 0.3 is 47.8 Å². The van der Waals surface area contributed by atoms with E-state index in [4.69, 9.17) is 42.6 Å². The molecule has 2 N–H and O–H groups in total. The number of fused-ring (bicyclic) bond motifs is 5. The molecule has 0 radical (unpaired) electrons. The lowest BCUT2D eigenvalue weighted by Gasteiger charge is -2.67. The Bertz CT molecular complexity index is 2210. The Balaban J connectivity index is 1.81. The number of cyclic esters (lactones) is 1. The molecule has 1 spiro atoms. The van der Waals surface area contributed by atoms with E-state index in [0.29, 0.717) is 0 Å². The lowest BCUT2D eigenvalue weighted by Crippen LogP contribution is -2.89. The predicted molar refractivity (Wildman–Crippen MR) is 207 cm³/mol. The van der Waals surface area contributed by atoms with Gasteiger partial charge in [0.15, 0.2) is 35.6 Å². The number of hydrogen-bond acceptors (Lipinski definition) is 20. The summed E-state index contributed by atoms with van der Waals surface area (Å²) in [6.07, 6.45) is -11.5. The molecule has 1 saturated heterocycles. The third kappa shape index (κ3) is 7.56. The molecular formula is C43H49NO19. The Kier molecular flexibility index (Phi) is 12.3. The lowest BCUT2D eigenvalue weighted by atomic mass is 9.45. The van der Waals surface area contributed by atoms with Gasteiger partial charge in [0, 0.05) is 46.7 Å². The van der Waals surface area contributed by atoms with Crippen molar-refractivity contribution in [3.8, 4) is 0 Å². The Morgan fingerprint density at radius 1 is 0.746 bits per heavy atom. The molecule has 1 aromatic carbocycles. The molecule has 1 unspecified atom stereocenters. The van der Waals surface area contributed by atoms with Crippen LogP contribution in [0.4, 0.5) is 0 Å². The average molecular weight is 884 g/mol. The minimum Gasteiger partial charge on any atom is -0.465 e.